The van der Waals surface area contributed by atoms with Crippen molar-refractivity contribution in [3.63, 3.8) is 0 Å². The van der Waals surface area contributed by atoms with Crippen LogP contribution in [0.2, 0.25) is 0 Å². The van der Waals surface area contributed by atoms with Crippen LogP contribution in [0.1, 0.15) is 36.4 Å². The number of fused-ring (bicyclic) bond motifs is 1. The minimum Gasteiger partial charge on any atom is -0.454 e. The number of nitrogens with zero attached hydrogens (tertiary/aromatic N) is 4. The third kappa shape index (κ3) is 3.86. The molecule has 0 N–H and O–H groups in total. The average molecular weight is 455 g/mol. The molecule has 2 aromatic rings. The third-order valence-electron chi connectivity index (χ3n) is 5.28. The van der Waals surface area contributed by atoms with Crippen molar-refractivity contribution >= 4 is 46.2 Å². The van der Waals surface area contributed by atoms with Gasteiger partial charge in [0.2, 0.25) is 24.3 Å². The Labute approximate surface area is 188 Å². The summed E-state index contributed by atoms with van der Waals surface area (Å²) in [5, 5.41) is 9.45. The van der Waals surface area contributed by atoms with Crippen LogP contribution in [0.4, 0.5) is 5.88 Å². The number of amides is 1. The molecule has 1 aromatic heterocycles. The topological polar surface area (TPSA) is 91.8 Å². The predicted octanol–water partition coefficient (Wildman–Crippen LogP) is 3.67. The molecule has 0 saturated carbocycles. The zero-order chi connectivity index (χ0) is 21.4. The van der Waals surface area contributed by atoms with Gasteiger partial charge in [0.15, 0.2) is 11.5 Å². The SMILES string of the molecule is N#Cc1nc(C=C2SC(=S)N(Cc3ccc4c(c3)OCO4)C2=O)oc1N1CCCCC1. The molecule has 10 heteroatoms. The lowest BCUT2D eigenvalue weighted by Crippen LogP contribution is -2.29. The maximum atomic E-state index is 13.0. The van der Waals surface area contributed by atoms with Crippen LogP contribution in [0.25, 0.3) is 6.08 Å². The second kappa shape index (κ2) is 8.24. The van der Waals surface area contributed by atoms with Gasteiger partial charge in [0, 0.05) is 19.2 Å². The molecule has 8 nitrogen and oxygen atoms in total. The molecule has 0 aliphatic carbocycles. The van der Waals surface area contributed by atoms with Gasteiger partial charge in [-0.15, -0.1) is 0 Å². The standard InChI is InChI=1S/C21H18N4O4S2/c22-10-14-20(24-6-2-1-3-7-24)29-18(23-14)9-17-19(26)25(21(30)31-17)11-13-4-5-15-16(8-13)28-12-27-15/h4-5,8-9H,1-3,6-7,11-12H2. The Bertz CT molecular complexity index is 1130. The number of aromatic nitrogens is 1. The number of rotatable bonds is 4. The van der Waals surface area contributed by atoms with E-state index in [-0.39, 0.29) is 24.3 Å². The van der Waals surface area contributed by atoms with E-state index >= 15 is 0 Å². The molecule has 0 bridgehead atoms. The fourth-order valence-electron chi connectivity index (χ4n) is 3.74. The summed E-state index contributed by atoms with van der Waals surface area (Å²) in [6.07, 6.45) is 4.84. The van der Waals surface area contributed by atoms with Crippen LogP contribution in [-0.4, -0.2) is 40.0 Å². The molecule has 1 amide bonds. The normalized spacial score (nSPS) is 19.4. The van der Waals surface area contributed by atoms with E-state index < -0.39 is 0 Å². The summed E-state index contributed by atoms with van der Waals surface area (Å²) in [6, 6.07) is 7.65. The first-order valence-electron chi connectivity index (χ1n) is 9.92. The predicted molar refractivity (Wildman–Crippen MR) is 119 cm³/mol. The Morgan fingerprint density at radius 2 is 2.03 bits per heavy atom. The van der Waals surface area contributed by atoms with E-state index in [0.29, 0.717) is 33.2 Å². The van der Waals surface area contributed by atoms with E-state index in [4.69, 9.17) is 26.1 Å². The molecular weight excluding hydrogens is 436 g/mol. The smallest absolute Gasteiger partial charge is 0.266 e. The molecule has 3 aliphatic heterocycles. The number of oxazole rings is 1. The van der Waals surface area contributed by atoms with Crippen molar-refractivity contribution in [2.24, 2.45) is 0 Å². The maximum Gasteiger partial charge on any atom is 0.266 e. The van der Waals surface area contributed by atoms with Gasteiger partial charge in [-0.3, -0.25) is 9.69 Å². The van der Waals surface area contributed by atoms with Crippen molar-refractivity contribution in [2.75, 3.05) is 24.8 Å². The lowest BCUT2D eigenvalue weighted by molar-refractivity contribution is -0.122. The summed E-state index contributed by atoms with van der Waals surface area (Å²) in [6.45, 7) is 2.19. The van der Waals surface area contributed by atoms with Gasteiger partial charge >= 0.3 is 0 Å². The monoisotopic (exact) mass is 454 g/mol. The first-order valence-corrected chi connectivity index (χ1v) is 11.1. The van der Waals surface area contributed by atoms with Crippen LogP contribution in [0, 0.1) is 11.3 Å². The molecule has 2 fully saturated rings. The van der Waals surface area contributed by atoms with E-state index in [9.17, 15) is 10.1 Å². The van der Waals surface area contributed by atoms with Gasteiger partial charge in [0.1, 0.15) is 10.4 Å². The fraction of sp³-hybridized carbons (Fsp3) is 0.333. The van der Waals surface area contributed by atoms with Crippen LogP contribution in [-0.2, 0) is 11.3 Å². The highest BCUT2D eigenvalue weighted by Crippen LogP contribution is 2.37. The average Bonchev–Trinajstić information content (AvgIpc) is 3.48. The summed E-state index contributed by atoms with van der Waals surface area (Å²) in [4.78, 5) is 21.2. The summed E-state index contributed by atoms with van der Waals surface area (Å²) < 4.78 is 17.0. The number of nitriles is 1. The molecule has 158 valence electrons. The number of carbonyl (C=O) groups is 1. The molecule has 2 saturated heterocycles. The van der Waals surface area contributed by atoms with Crippen molar-refractivity contribution in [1.82, 2.24) is 9.88 Å². The largest absolute Gasteiger partial charge is 0.454 e. The first kappa shape index (κ1) is 19.9. The van der Waals surface area contributed by atoms with Crippen molar-refractivity contribution in [3.05, 3.63) is 40.3 Å². The molecular formula is C21H18N4O4S2. The number of ether oxygens (including phenoxy) is 2. The number of hydrogen-bond donors (Lipinski definition) is 0. The third-order valence-corrected chi connectivity index (χ3v) is 6.66. The van der Waals surface area contributed by atoms with Gasteiger partial charge in [0.05, 0.1) is 11.4 Å². The number of piperidine rings is 1. The van der Waals surface area contributed by atoms with Crippen LogP contribution in [0.5, 0.6) is 11.5 Å². The van der Waals surface area contributed by atoms with Gasteiger partial charge in [0.25, 0.3) is 5.91 Å². The quantitative estimate of drug-likeness (QED) is 0.507. The molecule has 0 atom stereocenters. The minimum atomic E-state index is -0.219. The van der Waals surface area contributed by atoms with Gasteiger partial charge < -0.3 is 18.8 Å². The molecule has 0 unspecified atom stereocenters. The molecule has 0 spiro atoms. The molecule has 4 heterocycles. The molecule has 5 rings (SSSR count). The van der Waals surface area contributed by atoms with Crippen LogP contribution >= 0.6 is 24.0 Å². The van der Waals surface area contributed by atoms with Crippen molar-refractivity contribution in [2.45, 2.75) is 25.8 Å². The first-order chi connectivity index (χ1) is 15.1. The Kier molecular flexibility index (Phi) is 5.29. The lowest BCUT2D eigenvalue weighted by Gasteiger charge is -2.25. The van der Waals surface area contributed by atoms with Crippen LogP contribution in [0.15, 0.2) is 27.5 Å². The molecule has 1 aromatic carbocycles. The number of thioether (sulfide) groups is 1. The number of benzene rings is 1. The zero-order valence-electron chi connectivity index (χ0n) is 16.5. The number of carbonyl (C=O) groups excluding carboxylic acids is 1. The summed E-state index contributed by atoms with van der Waals surface area (Å²) in [7, 11) is 0. The van der Waals surface area contributed by atoms with Crippen LogP contribution < -0.4 is 14.4 Å². The van der Waals surface area contributed by atoms with Gasteiger partial charge in [-0.05, 0) is 37.0 Å². The van der Waals surface area contributed by atoms with E-state index in [1.165, 1.54) is 23.1 Å². The Morgan fingerprint density at radius 3 is 2.84 bits per heavy atom. The summed E-state index contributed by atoms with van der Waals surface area (Å²) in [5.41, 5.74) is 1.13. The van der Waals surface area contributed by atoms with E-state index in [2.05, 4.69) is 11.1 Å². The highest BCUT2D eigenvalue weighted by molar-refractivity contribution is 8.26. The fourth-order valence-corrected chi connectivity index (χ4v) is 4.96. The Balaban J connectivity index is 1.35. The summed E-state index contributed by atoms with van der Waals surface area (Å²) in [5.74, 6) is 1.84. The van der Waals surface area contributed by atoms with E-state index in [1.54, 1.807) is 6.08 Å². The Hall–Kier alpha value is -3.03. The molecule has 31 heavy (non-hydrogen) atoms. The highest BCUT2D eigenvalue weighted by atomic mass is 32.2. The second-order valence-corrected chi connectivity index (χ2v) is 9.00. The molecule has 3 aliphatic rings. The zero-order valence-corrected chi connectivity index (χ0v) is 18.1. The summed E-state index contributed by atoms with van der Waals surface area (Å²) >= 11 is 6.62. The van der Waals surface area contributed by atoms with Crippen molar-refractivity contribution in [3.8, 4) is 17.6 Å². The van der Waals surface area contributed by atoms with Gasteiger partial charge in [-0.1, -0.05) is 30.0 Å². The number of hydrogen-bond acceptors (Lipinski definition) is 9. The number of thiocarbonyl (C=S) groups is 1. The van der Waals surface area contributed by atoms with Crippen molar-refractivity contribution in [1.29, 1.82) is 5.26 Å². The van der Waals surface area contributed by atoms with Gasteiger partial charge in [-0.2, -0.15) is 10.2 Å². The lowest BCUT2D eigenvalue weighted by atomic mass is 10.1. The second-order valence-electron chi connectivity index (χ2n) is 7.32. The van der Waals surface area contributed by atoms with E-state index in [1.807, 2.05) is 23.1 Å². The maximum absolute atomic E-state index is 13.0. The Morgan fingerprint density at radius 1 is 1.23 bits per heavy atom. The highest BCUT2D eigenvalue weighted by Gasteiger charge is 2.33. The number of anilines is 1. The van der Waals surface area contributed by atoms with Gasteiger partial charge in [-0.25, -0.2) is 0 Å². The molecule has 0 radical (unpaired) electrons. The van der Waals surface area contributed by atoms with E-state index in [0.717, 1.165) is 31.5 Å². The minimum absolute atomic E-state index is 0.197. The van der Waals surface area contributed by atoms with Crippen LogP contribution in [0.3, 0.4) is 0 Å². The van der Waals surface area contributed by atoms with Crippen molar-refractivity contribution < 1.29 is 18.7 Å².